The van der Waals surface area contributed by atoms with Crippen LogP contribution in [-0.2, 0) is 14.8 Å². The summed E-state index contributed by atoms with van der Waals surface area (Å²) < 4.78 is 28.6. The number of nitrogen functional groups attached to an aromatic ring is 1. The third-order valence-corrected chi connectivity index (χ3v) is 4.06. The van der Waals surface area contributed by atoms with Crippen molar-refractivity contribution in [1.82, 2.24) is 0 Å². The molecule has 106 valence electrons. The van der Waals surface area contributed by atoms with Gasteiger partial charge in [-0.15, -0.1) is 0 Å². The minimum atomic E-state index is -3.79. The Morgan fingerprint density at radius 2 is 2.16 bits per heavy atom. The lowest BCUT2D eigenvalue weighted by molar-refractivity contribution is 0.0247. The Morgan fingerprint density at radius 3 is 2.79 bits per heavy atom. The topological polar surface area (TPSA) is 107 Å². The molecular formula is C12H19N3O3S. The largest absolute Gasteiger partial charge is 0.399 e. The maximum absolute atomic E-state index is 11.5. The van der Waals surface area contributed by atoms with Crippen molar-refractivity contribution >= 4 is 21.4 Å². The molecule has 2 rings (SSSR count). The van der Waals surface area contributed by atoms with Gasteiger partial charge in [-0.05, 0) is 37.5 Å². The van der Waals surface area contributed by atoms with Gasteiger partial charge in [0.2, 0.25) is 10.0 Å². The zero-order chi connectivity index (χ0) is 13.9. The molecule has 5 N–H and O–H groups in total. The number of hydrogen-bond acceptors (Lipinski definition) is 5. The first-order chi connectivity index (χ1) is 8.97. The Labute approximate surface area is 113 Å². The summed E-state index contributed by atoms with van der Waals surface area (Å²) in [7, 11) is -3.79. The number of rotatable bonds is 4. The van der Waals surface area contributed by atoms with E-state index in [9.17, 15) is 8.42 Å². The molecule has 0 aromatic heterocycles. The molecular weight excluding hydrogens is 266 g/mol. The van der Waals surface area contributed by atoms with E-state index in [0.717, 1.165) is 25.9 Å². The third-order valence-electron chi connectivity index (χ3n) is 3.11. The molecule has 1 aromatic carbocycles. The molecule has 0 spiro atoms. The second-order valence-corrected chi connectivity index (χ2v) is 6.20. The number of sulfonamides is 1. The monoisotopic (exact) mass is 285 g/mol. The molecule has 1 atom stereocenters. The van der Waals surface area contributed by atoms with Crippen LogP contribution >= 0.6 is 0 Å². The van der Waals surface area contributed by atoms with E-state index in [2.05, 4.69) is 5.32 Å². The Kier molecular flexibility index (Phi) is 4.28. The molecule has 1 aliphatic heterocycles. The first-order valence-electron chi connectivity index (χ1n) is 6.24. The van der Waals surface area contributed by atoms with Gasteiger partial charge < -0.3 is 15.8 Å². The van der Waals surface area contributed by atoms with Gasteiger partial charge in [-0.2, -0.15) is 0 Å². The van der Waals surface area contributed by atoms with Crippen LogP contribution in [0.5, 0.6) is 0 Å². The number of primary sulfonamides is 1. The second kappa shape index (κ2) is 5.77. The van der Waals surface area contributed by atoms with Crippen molar-refractivity contribution in [1.29, 1.82) is 0 Å². The molecule has 0 amide bonds. The van der Waals surface area contributed by atoms with E-state index >= 15 is 0 Å². The van der Waals surface area contributed by atoms with Gasteiger partial charge in [0.15, 0.2) is 0 Å². The molecule has 1 heterocycles. The lowest BCUT2D eigenvalue weighted by atomic mass is 10.1. The Morgan fingerprint density at radius 1 is 1.37 bits per heavy atom. The van der Waals surface area contributed by atoms with Gasteiger partial charge in [-0.1, -0.05) is 0 Å². The van der Waals surface area contributed by atoms with Crippen LogP contribution < -0.4 is 16.2 Å². The van der Waals surface area contributed by atoms with Crippen molar-refractivity contribution < 1.29 is 13.2 Å². The molecule has 1 saturated heterocycles. The summed E-state index contributed by atoms with van der Waals surface area (Å²) >= 11 is 0. The van der Waals surface area contributed by atoms with Crippen molar-refractivity contribution in [2.75, 3.05) is 24.2 Å². The van der Waals surface area contributed by atoms with Crippen molar-refractivity contribution in [3.05, 3.63) is 18.2 Å². The Hall–Kier alpha value is -1.31. The van der Waals surface area contributed by atoms with Crippen molar-refractivity contribution in [3.63, 3.8) is 0 Å². The van der Waals surface area contributed by atoms with Crippen molar-refractivity contribution in [2.45, 2.75) is 30.3 Å². The number of hydrogen-bond donors (Lipinski definition) is 3. The number of ether oxygens (including phenoxy) is 1. The molecule has 0 radical (unpaired) electrons. The minimum Gasteiger partial charge on any atom is -0.399 e. The zero-order valence-corrected chi connectivity index (χ0v) is 11.4. The number of anilines is 2. The van der Waals surface area contributed by atoms with Crippen LogP contribution in [0.3, 0.4) is 0 Å². The van der Waals surface area contributed by atoms with E-state index in [0.29, 0.717) is 17.9 Å². The van der Waals surface area contributed by atoms with Gasteiger partial charge in [0.25, 0.3) is 0 Å². The quantitative estimate of drug-likeness (QED) is 0.712. The second-order valence-electron chi connectivity index (χ2n) is 4.67. The summed E-state index contributed by atoms with van der Waals surface area (Å²) in [6.45, 7) is 1.32. The summed E-state index contributed by atoms with van der Waals surface area (Å²) in [6, 6.07) is 4.62. The van der Waals surface area contributed by atoms with Crippen LogP contribution in [0, 0.1) is 0 Å². The van der Waals surface area contributed by atoms with Gasteiger partial charge in [-0.25, -0.2) is 13.6 Å². The number of nitrogens with two attached hydrogens (primary N) is 2. The van der Waals surface area contributed by atoms with Gasteiger partial charge in [0.1, 0.15) is 4.90 Å². The first kappa shape index (κ1) is 14.1. The van der Waals surface area contributed by atoms with E-state index in [1.807, 2.05) is 0 Å². The Balaban J connectivity index is 2.11. The highest BCUT2D eigenvalue weighted by atomic mass is 32.2. The fourth-order valence-corrected chi connectivity index (χ4v) is 2.86. The van der Waals surface area contributed by atoms with Gasteiger partial charge in [0.05, 0.1) is 11.8 Å². The molecule has 7 heteroatoms. The zero-order valence-electron chi connectivity index (χ0n) is 10.6. The molecule has 1 unspecified atom stereocenters. The predicted molar refractivity (Wildman–Crippen MR) is 74.3 cm³/mol. The molecule has 0 bridgehead atoms. The lowest BCUT2D eigenvalue weighted by Gasteiger charge is -2.23. The highest BCUT2D eigenvalue weighted by Crippen LogP contribution is 2.23. The number of nitrogens with one attached hydrogen (secondary N) is 1. The number of benzene rings is 1. The van der Waals surface area contributed by atoms with Crippen LogP contribution in [0.1, 0.15) is 19.3 Å². The molecule has 0 aliphatic carbocycles. The summed E-state index contributed by atoms with van der Waals surface area (Å²) in [5.41, 5.74) is 6.42. The lowest BCUT2D eigenvalue weighted by Crippen LogP contribution is -2.27. The van der Waals surface area contributed by atoms with Crippen molar-refractivity contribution in [2.24, 2.45) is 5.14 Å². The maximum Gasteiger partial charge on any atom is 0.240 e. The molecule has 1 fully saturated rings. The highest BCUT2D eigenvalue weighted by Gasteiger charge is 2.17. The minimum absolute atomic E-state index is 0.0170. The summed E-state index contributed by atoms with van der Waals surface area (Å²) in [4.78, 5) is 0.0170. The normalized spacial score (nSPS) is 20.2. The van der Waals surface area contributed by atoms with Crippen molar-refractivity contribution in [3.8, 4) is 0 Å². The van der Waals surface area contributed by atoms with E-state index in [4.69, 9.17) is 15.6 Å². The fraction of sp³-hybridized carbons (Fsp3) is 0.500. The van der Waals surface area contributed by atoms with E-state index in [1.54, 1.807) is 12.1 Å². The molecule has 0 saturated carbocycles. The smallest absolute Gasteiger partial charge is 0.240 e. The van der Waals surface area contributed by atoms with Crippen LogP contribution in [-0.4, -0.2) is 27.7 Å². The van der Waals surface area contributed by atoms with Crippen LogP contribution in [0.2, 0.25) is 0 Å². The molecule has 19 heavy (non-hydrogen) atoms. The van der Waals surface area contributed by atoms with E-state index < -0.39 is 10.0 Å². The average Bonchev–Trinajstić information content (AvgIpc) is 2.37. The van der Waals surface area contributed by atoms with Crippen LogP contribution in [0.15, 0.2) is 23.1 Å². The first-order valence-corrected chi connectivity index (χ1v) is 7.79. The van der Waals surface area contributed by atoms with E-state index in [1.165, 1.54) is 6.07 Å². The summed E-state index contributed by atoms with van der Waals surface area (Å²) in [5, 5.41) is 8.26. The standard InChI is InChI=1S/C12H19N3O3S/c13-9-4-5-11(12(7-9)19(14,16)17)15-8-10-3-1-2-6-18-10/h4-5,7,10,15H,1-3,6,8,13H2,(H2,14,16,17). The summed E-state index contributed by atoms with van der Waals surface area (Å²) in [6.07, 6.45) is 3.31. The van der Waals surface area contributed by atoms with Gasteiger partial charge in [-0.3, -0.25) is 0 Å². The van der Waals surface area contributed by atoms with E-state index in [-0.39, 0.29) is 11.0 Å². The summed E-state index contributed by atoms with van der Waals surface area (Å²) in [5.74, 6) is 0. The SMILES string of the molecule is Nc1ccc(NCC2CCCCO2)c(S(N)(=O)=O)c1. The van der Waals surface area contributed by atoms with Gasteiger partial charge >= 0.3 is 0 Å². The predicted octanol–water partition coefficient (Wildman–Crippen LogP) is 0.897. The molecule has 1 aromatic rings. The average molecular weight is 285 g/mol. The fourth-order valence-electron chi connectivity index (χ4n) is 2.11. The van der Waals surface area contributed by atoms with Crippen LogP contribution in [0.25, 0.3) is 0 Å². The highest BCUT2D eigenvalue weighted by molar-refractivity contribution is 7.89. The van der Waals surface area contributed by atoms with Gasteiger partial charge in [0, 0.05) is 18.8 Å². The maximum atomic E-state index is 11.5. The Bertz CT molecular complexity index is 539. The van der Waals surface area contributed by atoms with Crippen LogP contribution in [0.4, 0.5) is 11.4 Å². The third kappa shape index (κ3) is 3.82. The molecule has 1 aliphatic rings. The molecule has 6 nitrogen and oxygen atoms in total.